The Morgan fingerprint density at radius 2 is 1.94 bits per heavy atom. The SMILES string of the molecule is C=C(C)C(N)=O.CCC[N+](C)(C)CC1CO1.[Cl-]. The highest BCUT2D eigenvalue weighted by atomic mass is 35.5. The van der Waals surface area contributed by atoms with Gasteiger partial charge >= 0.3 is 0 Å². The number of amides is 1. The fourth-order valence-electron chi connectivity index (χ4n) is 1.42. The number of rotatable bonds is 5. The number of nitrogens with zero attached hydrogens (tertiary/aromatic N) is 1. The largest absolute Gasteiger partial charge is 1.00 e. The second kappa shape index (κ2) is 8.50. The summed E-state index contributed by atoms with van der Waals surface area (Å²) in [6.45, 7) is 10.5. The minimum absolute atomic E-state index is 0. The molecule has 0 aromatic carbocycles. The molecule has 0 aliphatic carbocycles. The Kier molecular flexibility index (Phi) is 9.39. The molecule has 0 aromatic rings. The Morgan fingerprint density at radius 1 is 1.53 bits per heavy atom. The van der Waals surface area contributed by atoms with Crippen LogP contribution in [0.2, 0.25) is 0 Å². The van der Waals surface area contributed by atoms with Crippen LogP contribution in [0, 0.1) is 0 Å². The number of quaternary nitrogens is 1. The van der Waals surface area contributed by atoms with Crippen molar-refractivity contribution in [3.05, 3.63) is 12.2 Å². The van der Waals surface area contributed by atoms with Crippen LogP contribution in [0.15, 0.2) is 12.2 Å². The summed E-state index contributed by atoms with van der Waals surface area (Å²) in [7, 11) is 4.54. The van der Waals surface area contributed by atoms with Gasteiger partial charge in [-0.2, -0.15) is 0 Å². The van der Waals surface area contributed by atoms with Crippen molar-refractivity contribution in [2.75, 3.05) is 33.8 Å². The van der Waals surface area contributed by atoms with Crippen LogP contribution in [0.1, 0.15) is 20.3 Å². The Morgan fingerprint density at radius 3 is 2.18 bits per heavy atom. The van der Waals surface area contributed by atoms with Crippen molar-refractivity contribution >= 4 is 5.91 Å². The Balaban J connectivity index is 0. The van der Waals surface area contributed by atoms with Gasteiger partial charge in [0.05, 0.1) is 27.2 Å². The third-order valence-electron chi connectivity index (χ3n) is 2.35. The van der Waals surface area contributed by atoms with E-state index in [9.17, 15) is 4.79 Å². The molecule has 0 saturated carbocycles. The molecule has 1 fully saturated rings. The number of ether oxygens (including phenoxy) is 1. The summed E-state index contributed by atoms with van der Waals surface area (Å²) in [4.78, 5) is 9.82. The van der Waals surface area contributed by atoms with Gasteiger partial charge in [-0.1, -0.05) is 13.5 Å². The molecular weight excluding hydrogens is 240 g/mol. The number of epoxide rings is 1. The van der Waals surface area contributed by atoms with Gasteiger partial charge in [-0.15, -0.1) is 0 Å². The minimum atomic E-state index is -0.435. The average Bonchev–Trinajstić information content (AvgIpc) is 2.87. The highest BCUT2D eigenvalue weighted by Gasteiger charge is 2.30. The zero-order valence-electron chi connectivity index (χ0n) is 11.3. The number of carbonyl (C=O) groups is 1. The first-order valence-corrected chi connectivity index (χ1v) is 5.67. The molecule has 1 aliphatic heterocycles. The lowest BCUT2D eigenvalue weighted by Crippen LogP contribution is -3.00. The van der Waals surface area contributed by atoms with E-state index in [1.165, 1.54) is 19.5 Å². The monoisotopic (exact) mass is 264 g/mol. The van der Waals surface area contributed by atoms with Crippen LogP contribution in [0.25, 0.3) is 0 Å². The highest BCUT2D eigenvalue weighted by molar-refractivity contribution is 5.90. The molecular formula is C12H25ClN2O2. The van der Waals surface area contributed by atoms with E-state index in [0.29, 0.717) is 11.7 Å². The van der Waals surface area contributed by atoms with E-state index in [2.05, 4.69) is 27.6 Å². The van der Waals surface area contributed by atoms with E-state index < -0.39 is 5.91 Å². The van der Waals surface area contributed by atoms with Crippen molar-refractivity contribution in [3.8, 4) is 0 Å². The van der Waals surface area contributed by atoms with Gasteiger partial charge in [-0.3, -0.25) is 4.79 Å². The second-order valence-electron chi connectivity index (χ2n) is 4.94. The predicted molar refractivity (Wildman–Crippen MR) is 65.9 cm³/mol. The lowest BCUT2D eigenvalue weighted by atomic mass is 10.3. The van der Waals surface area contributed by atoms with Crippen molar-refractivity contribution in [1.82, 2.24) is 0 Å². The quantitative estimate of drug-likeness (QED) is 0.352. The van der Waals surface area contributed by atoms with Gasteiger partial charge in [-0.05, 0) is 13.3 Å². The van der Waals surface area contributed by atoms with Crippen molar-refractivity contribution in [3.63, 3.8) is 0 Å². The van der Waals surface area contributed by atoms with E-state index in [1.807, 2.05) is 0 Å². The number of hydrogen-bond acceptors (Lipinski definition) is 2. The fourth-order valence-corrected chi connectivity index (χ4v) is 1.42. The van der Waals surface area contributed by atoms with Crippen LogP contribution < -0.4 is 18.1 Å². The van der Waals surface area contributed by atoms with Gasteiger partial charge in [0.1, 0.15) is 12.6 Å². The molecule has 0 bridgehead atoms. The standard InChI is InChI=1S/C8H18NO.C4H7NO.ClH/c1-4-5-9(2,3)6-8-7-10-8;1-3(2)4(5)6;/h8H,4-7H2,1-3H3;1H2,2H3,(H2,5,6);1H/q+1;;/p-1. The maximum absolute atomic E-state index is 9.82. The molecule has 0 radical (unpaired) electrons. The van der Waals surface area contributed by atoms with Crippen LogP contribution >= 0.6 is 0 Å². The first-order chi connectivity index (χ1) is 7.28. The molecule has 4 nitrogen and oxygen atoms in total. The van der Waals surface area contributed by atoms with E-state index >= 15 is 0 Å². The van der Waals surface area contributed by atoms with E-state index in [-0.39, 0.29) is 12.4 Å². The number of halogens is 1. The first-order valence-electron chi connectivity index (χ1n) is 5.67. The van der Waals surface area contributed by atoms with Gasteiger partial charge in [0.15, 0.2) is 0 Å². The van der Waals surface area contributed by atoms with Crippen molar-refractivity contribution in [2.45, 2.75) is 26.4 Å². The summed E-state index contributed by atoms with van der Waals surface area (Å²) < 4.78 is 6.29. The lowest BCUT2D eigenvalue weighted by molar-refractivity contribution is -0.890. The van der Waals surface area contributed by atoms with Crippen LogP contribution in [-0.2, 0) is 9.53 Å². The van der Waals surface area contributed by atoms with E-state index in [0.717, 1.165) is 11.1 Å². The molecule has 1 rings (SSSR count). The van der Waals surface area contributed by atoms with Crippen LogP contribution in [0.5, 0.6) is 0 Å². The summed E-state index contributed by atoms with van der Waals surface area (Å²) in [6.07, 6.45) is 1.83. The van der Waals surface area contributed by atoms with Crippen molar-refractivity contribution in [2.24, 2.45) is 5.73 Å². The van der Waals surface area contributed by atoms with Crippen molar-refractivity contribution < 1.29 is 26.4 Å². The topological polar surface area (TPSA) is 55.6 Å². The summed E-state index contributed by atoms with van der Waals surface area (Å²) in [5.41, 5.74) is 5.09. The van der Waals surface area contributed by atoms with Crippen LogP contribution in [0.3, 0.4) is 0 Å². The number of nitrogens with two attached hydrogens (primary N) is 1. The number of likely N-dealkylation sites (N-methyl/N-ethyl adjacent to an activating group) is 1. The van der Waals surface area contributed by atoms with Gasteiger partial charge in [0.2, 0.25) is 5.91 Å². The molecule has 1 amide bonds. The molecule has 1 heterocycles. The fraction of sp³-hybridized carbons (Fsp3) is 0.750. The van der Waals surface area contributed by atoms with E-state index in [4.69, 9.17) is 10.5 Å². The molecule has 0 aromatic heterocycles. The molecule has 1 saturated heterocycles. The predicted octanol–water partition coefficient (Wildman–Crippen LogP) is -2.08. The number of primary amides is 1. The lowest BCUT2D eigenvalue weighted by Gasteiger charge is -2.28. The zero-order valence-corrected chi connectivity index (χ0v) is 12.1. The van der Waals surface area contributed by atoms with E-state index in [1.54, 1.807) is 6.92 Å². The third kappa shape index (κ3) is 11.7. The van der Waals surface area contributed by atoms with Gasteiger partial charge in [0, 0.05) is 5.57 Å². The molecule has 5 heteroatoms. The average molecular weight is 265 g/mol. The van der Waals surface area contributed by atoms with Crippen LogP contribution in [0.4, 0.5) is 0 Å². The summed E-state index contributed by atoms with van der Waals surface area (Å²) in [6, 6.07) is 0. The number of carbonyl (C=O) groups excluding carboxylic acids is 1. The summed E-state index contributed by atoms with van der Waals surface area (Å²) in [5, 5.41) is 0. The van der Waals surface area contributed by atoms with Crippen molar-refractivity contribution in [1.29, 1.82) is 0 Å². The molecule has 2 N–H and O–H groups in total. The first kappa shape index (κ1) is 18.8. The molecule has 17 heavy (non-hydrogen) atoms. The zero-order chi connectivity index (χ0) is 12.8. The second-order valence-corrected chi connectivity index (χ2v) is 4.94. The van der Waals surface area contributed by atoms with Gasteiger partial charge in [0.25, 0.3) is 0 Å². The summed E-state index contributed by atoms with van der Waals surface area (Å²) in [5.74, 6) is -0.435. The molecule has 1 unspecified atom stereocenters. The summed E-state index contributed by atoms with van der Waals surface area (Å²) >= 11 is 0. The molecule has 102 valence electrons. The minimum Gasteiger partial charge on any atom is -1.00 e. The maximum atomic E-state index is 9.82. The Labute approximate surface area is 111 Å². The number of hydrogen-bond donors (Lipinski definition) is 1. The third-order valence-corrected chi connectivity index (χ3v) is 2.35. The smallest absolute Gasteiger partial charge is 0.243 e. The van der Waals surface area contributed by atoms with Crippen LogP contribution in [-0.4, -0.2) is 50.3 Å². The highest BCUT2D eigenvalue weighted by Crippen LogP contribution is 2.13. The van der Waals surface area contributed by atoms with Gasteiger partial charge < -0.3 is 27.4 Å². The molecule has 1 atom stereocenters. The molecule has 0 spiro atoms. The maximum Gasteiger partial charge on any atom is 0.243 e. The Bertz CT molecular complexity index is 239. The normalized spacial score (nSPS) is 17.3. The molecule has 1 aliphatic rings. The van der Waals surface area contributed by atoms with Gasteiger partial charge in [-0.25, -0.2) is 0 Å². The Hall–Kier alpha value is -0.580.